The van der Waals surface area contributed by atoms with E-state index in [-0.39, 0.29) is 12.2 Å². The van der Waals surface area contributed by atoms with Gasteiger partial charge < -0.3 is 9.84 Å². The van der Waals surface area contributed by atoms with Gasteiger partial charge in [-0.25, -0.2) is 0 Å². The van der Waals surface area contributed by atoms with E-state index in [0.29, 0.717) is 5.92 Å². The fourth-order valence-electron chi connectivity index (χ4n) is 2.88. The van der Waals surface area contributed by atoms with Crippen LogP contribution in [0.5, 0.6) is 0 Å². The number of unbranched alkanes of at least 4 members (excludes halogenated alkanes) is 3. The molecule has 0 saturated heterocycles. The lowest BCUT2D eigenvalue weighted by molar-refractivity contribution is -0.0702. The van der Waals surface area contributed by atoms with Gasteiger partial charge in [0.05, 0.1) is 12.2 Å². The number of rotatable bonds is 8. The molecule has 0 aliphatic heterocycles. The molecule has 0 bridgehead atoms. The van der Waals surface area contributed by atoms with Crippen LogP contribution in [0.25, 0.3) is 0 Å². The normalized spacial score (nSPS) is 21.4. The second kappa shape index (κ2) is 8.93. The Morgan fingerprint density at radius 2 is 1.82 bits per heavy atom. The molecule has 1 aliphatic rings. The van der Waals surface area contributed by atoms with Crippen molar-refractivity contribution in [2.75, 3.05) is 6.61 Å². The maximum Gasteiger partial charge on any atom is 0.0859 e. The van der Waals surface area contributed by atoms with Crippen molar-refractivity contribution in [2.24, 2.45) is 5.92 Å². The minimum Gasteiger partial charge on any atom is -0.391 e. The van der Waals surface area contributed by atoms with Crippen LogP contribution in [-0.4, -0.2) is 23.9 Å². The third-order valence-corrected chi connectivity index (χ3v) is 3.90. The van der Waals surface area contributed by atoms with Crippen molar-refractivity contribution in [1.82, 2.24) is 0 Å². The first-order chi connectivity index (χ1) is 8.25. The van der Waals surface area contributed by atoms with Crippen molar-refractivity contribution < 1.29 is 9.84 Å². The minimum absolute atomic E-state index is 0.0805. The molecule has 1 N–H and O–H groups in total. The van der Waals surface area contributed by atoms with Gasteiger partial charge in [0.15, 0.2) is 0 Å². The van der Waals surface area contributed by atoms with E-state index in [0.717, 1.165) is 13.0 Å². The van der Waals surface area contributed by atoms with Crippen LogP contribution < -0.4 is 0 Å². The van der Waals surface area contributed by atoms with Crippen molar-refractivity contribution in [3.8, 4) is 0 Å². The highest BCUT2D eigenvalue weighted by molar-refractivity contribution is 4.78. The number of hydrogen-bond acceptors (Lipinski definition) is 2. The molecule has 1 fully saturated rings. The second-order valence-corrected chi connectivity index (χ2v) is 5.53. The van der Waals surface area contributed by atoms with Gasteiger partial charge in [-0.3, -0.25) is 0 Å². The molecule has 0 heterocycles. The summed E-state index contributed by atoms with van der Waals surface area (Å²) < 4.78 is 5.94. The Morgan fingerprint density at radius 3 is 2.41 bits per heavy atom. The number of aliphatic hydroxyl groups is 1. The maximum absolute atomic E-state index is 9.84. The SMILES string of the molecule is CCCCCCOC(C(C)O)C1CCCCC1. The van der Waals surface area contributed by atoms with Gasteiger partial charge in [-0.15, -0.1) is 0 Å². The molecule has 2 heteroatoms. The minimum atomic E-state index is -0.315. The van der Waals surface area contributed by atoms with Crippen LogP contribution in [0, 0.1) is 5.92 Å². The standard InChI is InChI=1S/C15H30O2/c1-3-4-5-9-12-17-15(13(2)16)14-10-7-6-8-11-14/h13-16H,3-12H2,1-2H3. The summed E-state index contributed by atoms with van der Waals surface area (Å²) in [5.41, 5.74) is 0. The summed E-state index contributed by atoms with van der Waals surface area (Å²) in [5.74, 6) is 0.593. The Hall–Kier alpha value is -0.0800. The van der Waals surface area contributed by atoms with Crippen LogP contribution >= 0.6 is 0 Å². The van der Waals surface area contributed by atoms with Crippen molar-refractivity contribution in [3.05, 3.63) is 0 Å². The molecule has 2 atom stereocenters. The maximum atomic E-state index is 9.84. The van der Waals surface area contributed by atoms with E-state index < -0.39 is 0 Å². The third kappa shape index (κ3) is 5.87. The van der Waals surface area contributed by atoms with Gasteiger partial charge in [0.2, 0.25) is 0 Å². The van der Waals surface area contributed by atoms with Crippen molar-refractivity contribution in [3.63, 3.8) is 0 Å². The summed E-state index contributed by atoms with van der Waals surface area (Å²) in [6.45, 7) is 4.93. The average molecular weight is 242 g/mol. The largest absolute Gasteiger partial charge is 0.391 e. The highest BCUT2D eigenvalue weighted by atomic mass is 16.5. The van der Waals surface area contributed by atoms with Crippen LogP contribution in [0.4, 0.5) is 0 Å². The summed E-state index contributed by atoms with van der Waals surface area (Å²) in [4.78, 5) is 0. The van der Waals surface area contributed by atoms with Crippen molar-refractivity contribution in [2.45, 2.75) is 83.8 Å². The van der Waals surface area contributed by atoms with E-state index in [4.69, 9.17) is 4.74 Å². The Labute approximate surface area is 107 Å². The molecule has 0 radical (unpaired) electrons. The molecule has 1 saturated carbocycles. The molecule has 0 aromatic carbocycles. The summed E-state index contributed by atoms with van der Waals surface area (Å²) in [6, 6.07) is 0. The molecule has 0 spiro atoms. The summed E-state index contributed by atoms with van der Waals surface area (Å²) in [5, 5.41) is 9.84. The fraction of sp³-hybridized carbons (Fsp3) is 1.00. The summed E-state index contributed by atoms with van der Waals surface area (Å²) in [7, 11) is 0. The predicted molar refractivity (Wildman–Crippen MR) is 72.1 cm³/mol. The molecule has 102 valence electrons. The molecular weight excluding hydrogens is 212 g/mol. The van der Waals surface area contributed by atoms with E-state index >= 15 is 0 Å². The van der Waals surface area contributed by atoms with E-state index in [1.165, 1.54) is 51.4 Å². The molecule has 0 amide bonds. The van der Waals surface area contributed by atoms with Gasteiger partial charge in [-0.2, -0.15) is 0 Å². The summed E-state index contributed by atoms with van der Waals surface area (Å²) >= 11 is 0. The third-order valence-electron chi connectivity index (χ3n) is 3.90. The highest BCUT2D eigenvalue weighted by Gasteiger charge is 2.27. The average Bonchev–Trinajstić information content (AvgIpc) is 2.34. The number of hydrogen-bond donors (Lipinski definition) is 1. The van der Waals surface area contributed by atoms with Crippen LogP contribution in [-0.2, 0) is 4.74 Å². The van der Waals surface area contributed by atoms with Crippen LogP contribution in [0.2, 0.25) is 0 Å². The summed E-state index contributed by atoms with van der Waals surface area (Å²) in [6.07, 6.45) is 11.2. The molecule has 2 nitrogen and oxygen atoms in total. The van der Waals surface area contributed by atoms with Crippen LogP contribution in [0.15, 0.2) is 0 Å². The second-order valence-electron chi connectivity index (χ2n) is 5.53. The zero-order valence-electron chi connectivity index (χ0n) is 11.7. The van der Waals surface area contributed by atoms with Crippen LogP contribution in [0.3, 0.4) is 0 Å². The molecular formula is C15H30O2. The van der Waals surface area contributed by atoms with Gasteiger partial charge in [0, 0.05) is 6.61 Å². The van der Waals surface area contributed by atoms with Gasteiger partial charge in [0.1, 0.15) is 0 Å². The first kappa shape index (κ1) is 15.0. The molecule has 0 aromatic heterocycles. The van der Waals surface area contributed by atoms with E-state index in [1.54, 1.807) is 0 Å². The highest BCUT2D eigenvalue weighted by Crippen LogP contribution is 2.29. The van der Waals surface area contributed by atoms with Gasteiger partial charge in [0.25, 0.3) is 0 Å². The zero-order chi connectivity index (χ0) is 12.5. The Balaban J connectivity index is 2.22. The fourth-order valence-corrected chi connectivity index (χ4v) is 2.88. The number of ether oxygens (including phenoxy) is 1. The molecule has 1 rings (SSSR count). The van der Waals surface area contributed by atoms with Gasteiger partial charge in [-0.1, -0.05) is 45.4 Å². The lowest BCUT2D eigenvalue weighted by Crippen LogP contribution is -2.35. The first-order valence-corrected chi connectivity index (χ1v) is 7.55. The molecule has 1 aliphatic carbocycles. The quantitative estimate of drug-likeness (QED) is 0.654. The van der Waals surface area contributed by atoms with Crippen LogP contribution in [0.1, 0.15) is 71.6 Å². The predicted octanol–water partition coefficient (Wildman–Crippen LogP) is 3.91. The Kier molecular flexibility index (Phi) is 7.87. The lowest BCUT2D eigenvalue weighted by atomic mass is 9.83. The van der Waals surface area contributed by atoms with E-state index in [9.17, 15) is 5.11 Å². The monoisotopic (exact) mass is 242 g/mol. The number of aliphatic hydroxyl groups excluding tert-OH is 1. The van der Waals surface area contributed by atoms with Crippen molar-refractivity contribution >= 4 is 0 Å². The Morgan fingerprint density at radius 1 is 1.12 bits per heavy atom. The van der Waals surface area contributed by atoms with E-state index in [1.807, 2.05) is 6.92 Å². The van der Waals surface area contributed by atoms with E-state index in [2.05, 4.69) is 6.92 Å². The topological polar surface area (TPSA) is 29.5 Å². The zero-order valence-corrected chi connectivity index (χ0v) is 11.7. The molecule has 17 heavy (non-hydrogen) atoms. The Bertz CT molecular complexity index is 174. The van der Waals surface area contributed by atoms with Gasteiger partial charge >= 0.3 is 0 Å². The molecule has 2 unspecified atom stereocenters. The first-order valence-electron chi connectivity index (χ1n) is 7.55. The van der Waals surface area contributed by atoms with Gasteiger partial charge in [-0.05, 0) is 32.1 Å². The lowest BCUT2D eigenvalue weighted by Gasteiger charge is -2.32. The van der Waals surface area contributed by atoms with Crippen molar-refractivity contribution in [1.29, 1.82) is 0 Å². The molecule has 0 aromatic rings. The smallest absolute Gasteiger partial charge is 0.0859 e.